The summed E-state index contributed by atoms with van der Waals surface area (Å²) in [5.74, 6) is -0.276. The van der Waals surface area contributed by atoms with Crippen molar-refractivity contribution in [2.45, 2.75) is 33.4 Å². The lowest BCUT2D eigenvalue weighted by Crippen LogP contribution is -2.39. The second-order valence-corrected chi connectivity index (χ2v) is 7.10. The highest BCUT2D eigenvalue weighted by Gasteiger charge is 2.14. The summed E-state index contributed by atoms with van der Waals surface area (Å²) in [6, 6.07) is 14.3. The number of hydrogen-bond donors (Lipinski definition) is 2. The van der Waals surface area contributed by atoms with Gasteiger partial charge in [0, 0.05) is 24.2 Å². The smallest absolute Gasteiger partial charge is 0.253 e. The lowest BCUT2D eigenvalue weighted by Gasteiger charge is -2.25. The third kappa shape index (κ3) is 4.75. The van der Waals surface area contributed by atoms with E-state index in [9.17, 15) is 9.18 Å². The quantitative estimate of drug-likeness (QED) is 0.614. The Labute approximate surface area is 169 Å². The molecule has 2 N–H and O–H groups in total. The lowest BCUT2D eigenvalue weighted by atomic mass is 10.1. The van der Waals surface area contributed by atoms with Crippen LogP contribution in [0, 0.1) is 5.82 Å². The fourth-order valence-electron chi connectivity index (χ4n) is 3.12. The summed E-state index contributed by atoms with van der Waals surface area (Å²) in [6.45, 7) is 5.61. The SMILES string of the molecule is CCNC(=S)N(Cc1ccc(F)cc1)Cc1cc2cc(CC)ccc2[nH]c1=O. The normalized spacial score (nSPS) is 10.8. The second-order valence-electron chi connectivity index (χ2n) is 6.72. The zero-order chi connectivity index (χ0) is 20.1. The molecule has 0 fully saturated rings. The van der Waals surface area contributed by atoms with E-state index in [1.54, 1.807) is 12.1 Å². The number of thiocarbonyl (C=S) groups is 1. The van der Waals surface area contributed by atoms with Crippen molar-refractivity contribution in [2.75, 3.05) is 6.54 Å². The molecule has 0 aliphatic carbocycles. The molecular formula is C22H24FN3OS. The summed E-state index contributed by atoms with van der Waals surface area (Å²) in [4.78, 5) is 17.5. The van der Waals surface area contributed by atoms with Crippen molar-refractivity contribution in [1.29, 1.82) is 0 Å². The number of H-pyrrole nitrogens is 1. The Morgan fingerprint density at radius 2 is 1.79 bits per heavy atom. The van der Waals surface area contributed by atoms with Crippen molar-refractivity contribution >= 4 is 28.2 Å². The number of pyridine rings is 1. The van der Waals surface area contributed by atoms with Gasteiger partial charge in [0.05, 0.1) is 6.54 Å². The van der Waals surface area contributed by atoms with Crippen LogP contribution in [0.25, 0.3) is 10.9 Å². The Bertz CT molecular complexity index is 1030. The van der Waals surface area contributed by atoms with Gasteiger partial charge < -0.3 is 15.2 Å². The Morgan fingerprint density at radius 1 is 1.07 bits per heavy atom. The monoisotopic (exact) mass is 397 g/mol. The van der Waals surface area contributed by atoms with Crippen molar-refractivity contribution in [3.8, 4) is 0 Å². The molecule has 1 heterocycles. The van der Waals surface area contributed by atoms with Crippen LogP contribution < -0.4 is 10.9 Å². The standard InChI is InChI=1S/C22H24FN3OS/c1-3-15-7-10-20-17(11-15)12-18(21(27)25-20)14-26(22(28)24-4-2)13-16-5-8-19(23)9-6-16/h5-12H,3-4,13-14H2,1-2H3,(H,24,28)(H,25,27). The Kier molecular flexibility index (Phi) is 6.41. The van der Waals surface area contributed by atoms with Crippen LogP contribution in [0.15, 0.2) is 53.3 Å². The summed E-state index contributed by atoms with van der Waals surface area (Å²) in [7, 11) is 0. The molecule has 0 amide bonds. The van der Waals surface area contributed by atoms with Crippen LogP contribution in [0.2, 0.25) is 0 Å². The molecule has 0 spiro atoms. The van der Waals surface area contributed by atoms with Crippen LogP contribution in [0.4, 0.5) is 4.39 Å². The Morgan fingerprint density at radius 3 is 2.46 bits per heavy atom. The zero-order valence-corrected chi connectivity index (χ0v) is 16.9. The van der Waals surface area contributed by atoms with E-state index >= 15 is 0 Å². The molecule has 6 heteroatoms. The van der Waals surface area contributed by atoms with Crippen molar-refractivity contribution < 1.29 is 4.39 Å². The van der Waals surface area contributed by atoms with E-state index in [1.807, 2.05) is 30.0 Å². The molecule has 2 aromatic carbocycles. The highest BCUT2D eigenvalue weighted by atomic mass is 32.1. The minimum atomic E-state index is -0.276. The minimum absolute atomic E-state index is 0.125. The molecule has 28 heavy (non-hydrogen) atoms. The van der Waals surface area contributed by atoms with Gasteiger partial charge in [-0.2, -0.15) is 0 Å². The van der Waals surface area contributed by atoms with E-state index < -0.39 is 0 Å². The van der Waals surface area contributed by atoms with Crippen LogP contribution in [-0.2, 0) is 19.5 Å². The number of aryl methyl sites for hydroxylation is 1. The van der Waals surface area contributed by atoms with Crippen LogP contribution >= 0.6 is 12.2 Å². The molecule has 0 atom stereocenters. The van der Waals surface area contributed by atoms with Crippen molar-refractivity contribution in [3.63, 3.8) is 0 Å². The van der Waals surface area contributed by atoms with Gasteiger partial charge in [0.1, 0.15) is 5.82 Å². The summed E-state index contributed by atoms with van der Waals surface area (Å²) < 4.78 is 13.2. The van der Waals surface area contributed by atoms with Gasteiger partial charge in [-0.1, -0.05) is 25.1 Å². The number of hydrogen-bond acceptors (Lipinski definition) is 2. The van der Waals surface area contributed by atoms with Crippen molar-refractivity contribution in [3.05, 3.63) is 81.4 Å². The molecule has 0 aliphatic rings. The van der Waals surface area contributed by atoms with E-state index in [4.69, 9.17) is 12.2 Å². The van der Waals surface area contributed by atoms with E-state index in [-0.39, 0.29) is 11.4 Å². The first kappa shape index (κ1) is 20.0. The van der Waals surface area contributed by atoms with E-state index in [1.165, 1.54) is 17.7 Å². The first-order chi connectivity index (χ1) is 13.5. The minimum Gasteiger partial charge on any atom is -0.363 e. The number of nitrogens with zero attached hydrogens (tertiary/aromatic N) is 1. The Hall–Kier alpha value is -2.73. The van der Waals surface area contributed by atoms with Gasteiger partial charge in [0.25, 0.3) is 5.56 Å². The molecular weight excluding hydrogens is 373 g/mol. The molecule has 0 aliphatic heterocycles. The maximum absolute atomic E-state index is 13.2. The molecule has 4 nitrogen and oxygen atoms in total. The molecule has 146 valence electrons. The van der Waals surface area contributed by atoms with Crippen LogP contribution in [-0.4, -0.2) is 21.5 Å². The molecule has 0 bridgehead atoms. The van der Waals surface area contributed by atoms with Gasteiger partial charge in [0.2, 0.25) is 0 Å². The van der Waals surface area contributed by atoms with Gasteiger partial charge >= 0.3 is 0 Å². The molecule has 0 radical (unpaired) electrons. The fourth-order valence-corrected chi connectivity index (χ4v) is 3.39. The predicted octanol–water partition coefficient (Wildman–Crippen LogP) is 4.13. The molecule has 0 saturated carbocycles. The maximum Gasteiger partial charge on any atom is 0.253 e. The van der Waals surface area contributed by atoms with E-state index in [0.29, 0.717) is 30.3 Å². The fraction of sp³-hybridized carbons (Fsp3) is 0.273. The number of rotatable bonds is 6. The van der Waals surface area contributed by atoms with Gasteiger partial charge in [-0.3, -0.25) is 4.79 Å². The highest BCUT2D eigenvalue weighted by Crippen LogP contribution is 2.16. The number of benzene rings is 2. The summed E-state index contributed by atoms with van der Waals surface area (Å²) in [5, 5.41) is 4.71. The van der Waals surface area contributed by atoms with Gasteiger partial charge in [-0.25, -0.2) is 4.39 Å². The maximum atomic E-state index is 13.2. The van der Waals surface area contributed by atoms with Gasteiger partial charge in [-0.05, 0) is 72.4 Å². The van der Waals surface area contributed by atoms with Gasteiger partial charge in [-0.15, -0.1) is 0 Å². The third-order valence-corrected chi connectivity index (χ3v) is 5.06. The van der Waals surface area contributed by atoms with Crippen LogP contribution in [0.3, 0.4) is 0 Å². The van der Waals surface area contributed by atoms with Crippen molar-refractivity contribution in [2.24, 2.45) is 0 Å². The summed E-state index contributed by atoms with van der Waals surface area (Å²) in [5.41, 5.74) is 3.48. The zero-order valence-electron chi connectivity index (χ0n) is 16.1. The molecule has 0 unspecified atom stereocenters. The second kappa shape index (κ2) is 8.97. The molecule has 3 aromatic rings. The number of aromatic nitrogens is 1. The highest BCUT2D eigenvalue weighted by molar-refractivity contribution is 7.80. The molecule has 1 aromatic heterocycles. The largest absolute Gasteiger partial charge is 0.363 e. The van der Waals surface area contributed by atoms with Crippen molar-refractivity contribution in [1.82, 2.24) is 15.2 Å². The Balaban J connectivity index is 1.92. The third-order valence-electron chi connectivity index (χ3n) is 4.66. The number of fused-ring (bicyclic) bond motifs is 1. The number of halogens is 1. The molecule has 3 rings (SSSR count). The first-order valence-corrected chi connectivity index (χ1v) is 9.83. The van der Waals surface area contributed by atoms with Crippen LogP contribution in [0.5, 0.6) is 0 Å². The number of aromatic amines is 1. The number of nitrogens with one attached hydrogen (secondary N) is 2. The predicted molar refractivity (Wildman–Crippen MR) is 116 cm³/mol. The average molecular weight is 398 g/mol. The first-order valence-electron chi connectivity index (χ1n) is 9.42. The lowest BCUT2D eigenvalue weighted by molar-refractivity contribution is 0.398. The summed E-state index contributed by atoms with van der Waals surface area (Å²) >= 11 is 5.51. The van der Waals surface area contributed by atoms with Crippen LogP contribution in [0.1, 0.15) is 30.5 Å². The summed E-state index contributed by atoms with van der Waals surface area (Å²) in [6.07, 6.45) is 0.936. The van der Waals surface area contributed by atoms with E-state index in [0.717, 1.165) is 22.9 Å². The van der Waals surface area contributed by atoms with Gasteiger partial charge in [0.15, 0.2) is 5.11 Å². The molecule has 0 saturated heterocycles. The average Bonchev–Trinajstić information content (AvgIpc) is 2.69. The van der Waals surface area contributed by atoms with E-state index in [2.05, 4.69) is 23.3 Å². The topological polar surface area (TPSA) is 48.1 Å².